The molecule has 0 unspecified atom stereocenters. The summed E-state index contributed by atoms with van der Waals surface area (Å²) >= 11 is 3.31. The number of rotatable bonds is 4. The number of carbonyl (C=O) groups is 2. The number of hydrogen-bond donors (Lipinski definition) is 1. The van der Waals surface area contributed by atoms with Gasteiger partial charge in [-0.1, -0.05) is 41.9 Å². The van der Waals surface area contributed by atoms with E-state index in [0.717, 1.165) is 10.0 Å². The average molecular weight is 363 g/mol. The highest BCUT2D eigenvalue weighted by Gasteiger charge is 2.01. The van der Waals surface area contributed by atoms with Crippen LogP contribution in [0.2, 0.25) is 0 Å². The molecule has 0 bridgehead atoms. The molecule has 0 atom stereocenters. The standard InChI is InChI=1S/C9H9BrO.C9H10O2/c2*1-2-9(11)7-3-5-8(10)6-4-7/h3-6H,2H2,1H3;3-6,10H,2H2,1H3. The highest BCUT2D eigenvalue weighted by atomic mass is 79.9. The third kappa shape index (κ3) is 5.82. The summed E-state index contributed by atoms with van der Waals surface area (Å²) in [6, 6.07) is 13.7. The van der Waals surface area contributed by atoms with Crippen LogP contribution in [0.1, 0.15) is 47.4 Å². The van der Waals surface area contributed by atoms with E-state index in [1.54, 1.807) is 12.1 Å². The van der Waals surface area contributed by atoms with Gasteiger partial charge in [-0.15, -0.1) is 0 Å². The lowest BCUT2D eigenvalue weighted by Crippen LogP contribution is -1.94. The summed E-state index contributed by atoms with van der Waals surface area (Å²) in [5, 5.41) is 8.90. The second-order valence-electron chi connectivity index (χ2n) is 4.61. The van der Waals surface area contributed by atoms with Crippen LogP contribution in [0.5, 0.6) is 5.75 Å². The molecule has 22 heavy (non-hydrogen) atoms. The van der Waals surface area contributed by atoms with Crippen LogP contribution in [-0.2, 0) is 0 Å². The van der Waals surface area contributed by atoms with Gasteiger partial charge in [0.05, 0.1) is 0 Å². The van der Waals surface area contributed by atoms with Crippen LogP contribution >= 0.6 is 15.9 Å². The Labute approximate surface area is 139 Å². The number of ketones is 2. The van der Waals surface area contributed by atoms with Gasteiger partial charge in [0, 0.05) is 28.4 Å². The molecule has 2 aromatic rings. The molecule has 2 aromatic carbocycles. The van der Waals surface area contributed by atoms with Crippen LogP contribution in [0.25, 0.3) is 0 Å². The fourth-order valence-corrected chi connectivity index (χ4v) is 1.96. The molecular formula is C18H19BrO3. The summed E-state index contributed by atoms with van der Waals surface area (Å²) in [4.78, 5) is 22.2. The first-order valence-corrected chi connectivity index (χ1v) is 7.88. The lowest BCUT2D eigenvalue weighted by Gasteiger charge is -1.96. The number of phenols is 1. The van der Waals surface area contributed by atoms with Crippen LogP contribution in [0.15, 0.2) is 53.0 Å². The normalized spacial score (nSPS) is 9.59. The zero-order valence-electron chi connectivity index (χ0n) is 12.7. The highest BCUT2D eigenvalue weighted by molar-refractivity contribution is 9.10. The molecule has 0 heterocycles. The molecule has 0 saturated carbocycles. The predicted octanol–water partition coefficient (Wildman–Crippen LogP) is 5.03. The molecule has 3 nitrogen and oxygen atoms in total. The summed E-state index contributed by atoms with van der Waals surface area (Å²) in [7, 11) is 0. The maximum atomic E-state index is 11.1. The maximum absolute atomic E-state index is 11.1. The molecule has 116 valence electrons. The second kappa shape index (κ2) is 9.15. The van der Waals surface area contributed by atoms with Crippen molar-refractivity contribution in [1.82, 2.24) is 0 Å². The van der Waals surface area contributed by atoms with Gasteiger partial charge in [0.2, 0.25) is 0 Å². The van der Waals surface area contributed by atoms with Gasteiger partial charge >= 0.3 is 0 Å². The van der Waals surface area contributed by atoms with Gasteiger partial charge < -0.3 is 5.11 Å². The Hall–Kier alpha value is -1.94. The Morgan fingerprint density at radius 3 is 1.55 bits per heavy atom. The zero-order valence-corrected chi connectivity index (χ0v) is 14.3. The predicted molar refractivity (Wildman–Crippen MR) is 91.5 cm³/mol. The fraction of sp³-hybridized carbons (Fsp3) is 0.222. The van der Waals surface area contributed by atoms with E-state index in [2.05, 4.69) is 15.9 Å². The number of hydrogen-bond acceptors (Lipinski definition) is 3. The molecular weight excluding hydrogens is 344 g/mol. The van der Waals surface area contributed by atoms with Crippen LogP contribution in [0.4, 0.5) is 0 Å². The van der Waals surface area contributed by atoms with E-state index in [1.165, 1.54) is 12.1 Å². The molecule has 4 heteroatoms. The van der Waals surface area contributed by atoms with Crippen molar-refractivity contribution in [2.24, 2.45) is 0 Å². The molecule has 0 spiro atoms. The van der Waals surface area contributed by atoms with Crippen LogP contribution < -0.4 is 0 Å². The van der Waals surface area contributed by atoms with Crippen LogP contribution in [0, 0.1) is 0 Å². The monoisotopic (exact) mass is 362 g/mol. The number of aromatic hydroxyl groups is 1. The van der Waals surface area contributed by atoms with Crippen molar-refractivity contribution < 1.29 is 14.7 Å². The molecule has 2 rings (SSSR count). The third-order valence-corrected chi connectivity index (χ3v) is 3.53. The minimum absolute atomic E-state index is 0.102. The van der Waals surface area contributed by atoms with E-state index < -0.39 is 0 Å². The largest absolute Gasteiger partial charge is 0.508 e. The van der Waals surface area contributed by atoms with E-state index >= 15 is 0 Å². The molecule has 0 aliphatic heterocycles. The molecule has 1 N–H and O–H groups in total. The van der Waals surface area contributed by atoms with Gasteiger partial charge in [-0.25, -0.2) is 0 Å². The fourth-order valence-electron chi connectivity index (χ4n) is 1.69. The average Bonchev–Trinajstić information content (AvgIpc) is 2.55. The second-order valence-corrected chi connectivity index (χ2v) is 5.52. The van der Waals surface area contributed by atoms with Gasteiger partial charge in [-0.05, 0) is 36.4 Å². The van der Waals surface area contributed by atoms with Crippen molar-refractivity contribution in [2.75, 3.05) is 0 Å². The summed E-state index contributed by atoms with van der Waals surface area (Å²) in [6.45, 7) is 3.68. The van der Waals surface area contributed by atoms with Gasteiger partial charge in [-0.3, -0.25) is 9.59 Å². The Morgan fingerprint density at radius 2 is 1.18 bits per heavy atom. The SMILES string of the molecule is CCC(=O)c1ccc(Br)cc1.CCC(=O)c1ccc(O)cc1. The first kappa shape index (κ1) is 18.1. The highest BCUT2D eigenvalue weighted by Crippen LogP contribution is 2.12. The van der Waals surface area contributed by atoms with E-state index in [4.69, 9.17) is 5.11 Å². The first-order valence-electron chi connectivity index (χ1n) is 7.08. The van der Waals surface area contributed by atoms with Gasteiger partial charge in [-0.2, -0.15) is 0 Å². The Morgan fingerprint density at radius 1 is 0.818 bits per heavy atom. The molecule has 0 fully saturated rings. The topological polar surface area (TPSA) is 54.4 Å². The summed E-state index contributed by atoms with van der Waals surface area (Å²) in [5.74, 6) is 0.486. The summed E-state index contributed by atoms with van der Waals surface area (Å²) in [5.41, 5.74) is 1.45. The van der Waals surface area contributed by atoms with Gasteiger partial charge in [0.15, 0.2) is 11.6 Å². The third-order valence-electron chi connectivity index (χ3n) is 3.00. The van der Waals surface area contributed by atoms with E-state index in [-0.39, 0.29) is 17.3 Å². The van der Waals surface area contributed by atoms with Crippen molar-refractivity contribution in [1.29, 1.82) is 0 Å². The molecule has 0 aromatic heterocycles. The summed E-state index contributed by atoms with van der Waals surface area (Å²) < 4.78 is 1.00. The zero-order chi connectivity index (χ0) is 16.5. The van der Waals surface area contributed by atoms with Crippen molar-refractivity contribution in [2.45, 2.75) is 26.7 Å². The Bertz CT molecular complexity index is 558. The molecule has 0 aliphatic carbocycles. The quantitative estimate of drug-likeness (QED) is 0.776. The summed E-state index contributed by atoms with van der Waals surface area (Å²) in [6.07, 6.45) is 1.08. The lowest BCUT2D eigenvalue weighted by atomic mass is 10.1. The lowest BCUT2D eigenvalue weighted by molar-refractivity contribution is 0.0980. The van der Waals surface area contributed by atoms with Gasteiger partial charge in [0.25, 0.3) is 0 Å². The number of phenolic OH excluding ortho intramolecular Hbond substituents is 1. The van der Waals surface area contributed by atoms with Crippen LogP contribution in [0.3, 0.4) is 0 Å². The number of halogens is 1. The van der Waals surface area contributed by atoms with Crippen molar-refractivity contribution in [3.05, 3.63) is 64.1 Å². The van der Waals surface area contributed by atoms with E-state index in [1.807, 2.05) is 38.1 Å². The molecule has 0 aliphatic rings. The van der Waals surface area contributed by atoms with E-state index in [9.17, 15) is 9.59 Å². The van der Waals surface area contributed by atoms with Gasteiger partial charge in [0.1, 0.15) is 5.75 Å². The minimum Gasteiger partial charge on any atom is -0.508 e. The number of carbonyl (C=O) groups excluding carboxylic acids is 2. The van der Waals surface area contributed by atoms with Crippen molar-refractivity contribution in [3.8, 4) is 5.75 Å². The first-order chi connectivity index (χ1) is 10.5. The number of Topliss-reactive ketones (excluding diaryl/α,β-unsaturated/α-hetero) is 2. The van der Waals surface area contributed by atoms with Crippen molar-refractivity contribution >= 4 is 27.5 Å². The molecule has 0 radical (unpaired) electrons. The van der Waals surface area contributed by atoms with Crippen LogP contribution in [-0.4, -0.2) is 16.7 Å². The maximum Gasteiger partial charge on any atom is 0.162 e. The van der Waals surface area contributed by atoms with E-state index in [0.29, 0.717) is 18.4 Å². The minimum atomic E-state index is 0.102. The molecule has 0 amide bonds. The number of benzene rings is 2. The molecule has 0 saturated heterocycles. The Balaban J connectivity index is 0.000000220. The smallest absolute Gasteiger partial charge is 0.162 e. The Kier molecular flexibility index (Phi) is 7.54. The van der Waals surface area contributed by atoms with Crippen molar-refractivity contribution in [3.63, 3.8) is 0 Å².